The first-order valence-corrected chi connectivity index (χ1v) is 7.63. The fourth-order valence-electron chi connectivity index (χ4n) is 1.94. The molecule has 0 atom stereocenters. The molecule has 0 heterocycles. The second-order valence-electron chi connectivity index (χ2n) is 6.51. The summed E-state index contributed by atoms with van der Waals surface area (Å²) in [6.45, 7) is 5.78. The molecule has 1 fully saturated rings. The van der Waals surface area contributed by atoms with Gasteiger partial charge >= 0.3 is 5.97 Å². The van der Waals surface area contributed by atoms with Gasteiger partial charge in [0, 0.05) is 6.54 Å². The van der Waals surface area contributed by atoms with Crippen molar-refractivity contribution in [3.63, 3.8) is 0 Å². The van der Waals surface area contributed by atoms with Crippen molar-refractivity contribution < 1.29 is 14.6 Å². The maximum Gasteiger partial charge on any atom is 0.309 e. The maximum atomic E-state index is 11.0. The molecule has 0 unspecified atom stereocenters. The van der Waals surface area contributed by atoms with Crippen molar-refractivity contribution in [2.75, 3.05) is 13.2 Å². The summed E-state index contributed by atoms with van der Waals surface area (Å²) in [7, 11) is 0. The first-order chi connectivity index (χ1) is 9.97. The van der Waals surface area contributed by atoms with E-state index in [1.165, 1.54) is 18.4 Å². The van der Waals surface area contributed by atoms with Gasteiger partial charge in [0.05, 0.1) is 12.0 Å². The molecule has 0 aliphatic heterocycles. The molecule has 1 aromatic rings. The Morgan fingerprint density at radius 3 is 2.57 bits per heavy atom. The van der Waals surface area contributed by atoms with Crippen LogP contribution >= 0.6 is 0 Å². The summed E-state index contributed by atoms with van der Waals surface area (Å²) >= 11 is 0. The number of carboxylic acids is 1. The van der Waals surface area contributed by atoms with Crippen LogP contribution in [-0.4, -0.2) is 24.2 Å². The number of nitrogens with one attached hydrogen (secondary N) is 1. The molecule has 0 amide bonds. The molecule has 1 aromatic carbocycles. The van der Waals surface area contributed by atoms with Gasteiger partial charge in [0.2, 0.25) is 0 Å². The highest BCUT2D eigenvalue weighted by Gasteiger charge is 2.26. The maximum absolute atomic E-state index is 11.0. The standard InChI is InChI=1S/C17H25NO3/c1-17(2,16(19)20)9-10-18-11-13-5-7-15(8-6-13)21-12-14-3-4-14/h5-8,14,18H,3-4,9-12H2,1-2H3,(H,19,20). The van der Waals surface area contributed by atoms with Gasteiger partial charge in [-0.2, -0.15) is 0 Å². The highest BCUT2D eigenvalue weighted by Crippen LogP contribution is 2.29. The Hall–Kier alpha value is -1.55. The summed E-state index contributed by atoms with van der Waals surface area (Å²) in [5, 5.41) is 12.3. The lowest BCUT2D eigenvalue weighted by Gasteiger charge is -2.19. The van der Waals surface area contributed by atoms with E-state index in [1.807, 2.05) is 12.1 Å². The van der Waals surface area contributed by atoms with Gasteiger partial charge in [-0.25, -0.2) is 0 Å². The van der Waals surface area contributed by atoms with E-state index in [4.69, 9.17) is 9.84 Å². The average Bonchev–Trinajstić information content (AvgIpc) is 3.26. The highest BCUT2D eigenvalue weighted by molar-refractivity contribution is 5.73. The SMILES string of the molecule is CC(C)(CCNCc1ccc(OCC2CC2)cc1)C(=O)O. The van der Waals surface area contributed by atoms with E-state index >= 15 is 0 Å². The summed E-state index contributed by atoms with van der Waals surface area (Å²) in [6.07, 6.45) is 3.22. The first-order valence-electron chi connectivity index (χ1n) is 7.63. The monoisotopic (exact) mass is 291 g/mol. The zero-order valence-corrected chi connectivity index (χ0v) is 12.9. The fourth-order valence-corrected chi connectivity index (χ4v) is 1.94. The average molecular weight is 291 g/mol. The quantitative estimate of drug-likeness (QED) is 0.687. The Morgan fingerprint density at radius 1 is 1.33 bits per heavy atom. The van der Waals surface area contributed by atoms with Gasteiger partial charge in [-0.3, -0.25) is 4.79 Å². The molecule has 2 rings (SSSR count). The first kappa shape index (κ1) is 15.8. The van der Waals surface area contributed by atoms with Crippen molar-refractivity contribution >= 4 is 5.97 Å². The van der Waals surface area contributed by atoms with Crippen molar-refractivity contribution in [1.29, 1.82) is 0 Å². The fraction of sp³-hybridized carbons (Fsp3) is 0.588. The zero-order valence-electron chi connectivity index (χ0n) is 12.9. The number of ether oxygens (including phenoxy) is 1. The van der Waals surface area contributed by atoms with Crippen LogP contribution in [0.2, 0.25) is 0 Å². The minimum atomic E-state index is -0.749. The molecule has 0 radical (unpaired) electrons. The number of benzene rings is 1. The predicted octanol–water partition coefficient (Wildman–Crippen LogP) is 3.07. The number of hydrogen-bond donors (Lipinski definition) is 2. The van der Waals surface area contributed by atoms with Crippen molar-refractivity contribution in [3.05, 3.63) is 29.8 Å². The summed E-state index contributed by atoms with van der Waals surface area (Å²) in [6, 6.07) is 8.11. The van der Waals surface area contributed by atoms with E-state index in [2.05, 4.69) is 17.4 Å². The third kappa shape index (κ3) is 5.38. The van der Waals surface area contributed by atoms with Gasteiger partial charge in [0.25, 0.3) is 0 Å². The molecule has 4 heteroatoms. The molecule has 2 N–H and O–H groups in total. The van der Waals surface area contributed by atoms with Crippen LogP contribution in [0.1, 0.15) is 38.7 Å². The van der Waals surface area contributed by atoms with Crippen molar-refractivity contribution in [3.8, 4) is 5.75 Å². The third-order valence-electron chi connectivity index (χ3n) is 3.94. The van der Waals surface area contributed by atoms with E-state index in [0.717, 1.165) is 24.8 Å². The Labute approximate surface area is 126 Å². The Balaban J connectivity index is 1.67. The van der Waals surface area contributed by atoms with Crippen LogP contribution in [0, 0.1) is 11.3 Å². The van der Waals surface area contributed by atoms with Gasteiger partial charge in [-0.05, 0) is 63.3 Å². The van der Waals surface area contributed by atoms with Crippen molar-refractivity contribution in [1.82, 2.24) is 5.32 Å². The number of aliphatic carboxylic acids is 1. The van der Waals surface area contributed by atoms with Crippen LogP contribution in [0.3, 0.4) is 0 Å². The number of rotatable bonds is 9. The molecular formula is C17H25NO3. The molecular weight excluding hydrogens is 266 g/mol. The van der Waals surface area contributed by atoms with Crippen LogP contribution < -0.4 is 10.1 Å². The van der Waals surface area contributed by atoms with Gasteiger partial charge in [0.15, 0.2) is 0 Å². The number of carbonyl (C=O) groups is 1. The van der Waals surface area contributed by atoms with Gasteiger partial charge in [-0.15, -0.1) is 0 Å². The minimum absolute atomic E-state index is 0.616. The topological polar surface area (TPSA) is 58.6 Å². The Kier molecular flexibility index (Phi) is 5.23. The largest absolute Gasteiger partial charge is 0.493 e. The summed E-state index contributed by atoms with van der Waals surface area (Å²) in [5.74, 6) is 0.947. The van der Waals surface area contributed by atoms with Crippen molar-refractivity contribution in [2.24, 2.45) is 11.3 Å². The Morgan fingerprint density at radius 2 is 2.00 bits per heavy atom. The number of hydrogen-bond acceptors (Lipinski definition) is 3. The second-order valence-corrected chi connectivity index (χ2v) is 6.51. The molecule has 1 saturated carbocycles. The molecule has 1 aliphatic carbocycles. The summed E-state index contributed by atoms with van der Waals surface area (Å²) in [5.41, 5.74) is 0.509. The van der Waals surface area contributed by atoms with E-state index in [1.54, 1.807) is 13.8 Å². The predicted molar refractivity (Wildman–Crippen MR) is 82.4 cm³/mol. The third-order valence-corrected chi connectivity index (χ3v) is 3.94. The van der Waals surface area contributed by atoms with Crippen LogP contribution in [-0.2, 0) is 11.3 Å². The molecule has 0 saturated heterocycles. The molecule has 21 heavy (non-hydrogen) atoms. The second kappa shape index (κ2) is 6.94. The van der Waals surface area contributed by atoms with Crippen LogP contribution in [0.4, 0.5) is 0 Å². The van der Waals surface area contributed by atoms with Crippen LogP contribution in [0.5, 0.6) is 5.75 Å². The lowest BCUT2D eigenvalue weighted by Crippen LogP contribution is -2.28. The van der Waals surface area contributed by atoms with E-state index in [-0.39, 0.29) is 0 Å². The lowest BCUT2D eigenvalue weighted by atomic mass is 9.90. The van der Waals surface area contributed by atoms with Crippen LogP contribution in [0.25, 0.3) is 0 Å². The zero-order chi connectivity index (χ0) is 15.3. The molecule has 4 nitrogen and oxygen atoms in total. The number of carboxylic acid groups (broad SMARTS) is 1. The molecule has 0 aromatic heterocycles. The smallest absolute Gasteiger partial charge is 0.309 e. The highest BCUT2D eigenvalue weighted by atomic mass is 16.5. The van der Waals surface area contributed by atoms with E-state index < -0.39 is 11.4 Å². The van der Waals surface area contributed by atoms with E-state index in [0.29, 0.717) is 13.0 Å². The summed E-state index contributed by atoms with van der Waals surface area (Å²) in [4.78, 5) is 11.0. The minimum Gasteiger partial charge on any atom is -0.493 e. The molecule has 116 valence electrons. The van der Waals surface area contributed by atoms with Crippen molar-refractivity contribution in [2.45, 2.75) is 39.7 Å². The van der Waals surface area contributed by atoms with Crippen LogP contribution in [0.15, 0.2) is 24.3 Å². The normalized spacial score (nSPS) is 15.0. The molecule has 1 aliphatic rings. The van der Waals surface area contributed by atoms with Gasteiger partial charge < -0.3 is 15.2 Å². The molecule has 0 spiro atoms. The Bertz CT molecular complexity index is 463. The lowest BCUT2D eigenvalue weighted by molar-refractivity contribution is -0.147. The van der Waals surface area contributed by atoms with Gasteiger partial charge in [0.1, 0.15) is 5.75 Å². The van der Waals surface area contributed by atoms with Gasteiger partial charge in [-0.1, -0.05) is 12.1 Å². The molecule has 0 bridgehead atoms. The summed E-state index contributed by atoms with van der Waals surface area (Å²) < 4.78 is 5.70. The van der Waals surface area contributed by atoms with E-state index in [9.17, 15) is 4.79 Å².